The molecule has 1 aromatic rings. The van der Waals surface area contributed by atoms with Crippen molar-refractivity contribution in [1.29, 1.82) is 0 Å². The highest BCUT2D eigenvalue weighted by Gasteiger charge is 2.58. The zero-order valence-corrected chi connectivity index (χ0v) is 14.0. The minimum atomic E-state index is -0.319. The van der Waals surface area contributed by atoms with E-state index in [4.69, 9.17) is 0 Å². The Bertz CT molecular complexity index is 595. The molecule has 0 bridgehead atoms. The van der Waals surface area contributed by atoms with Crippen LogP contribution in [0.25, 0.3) is 0 Å². The predicted molar refractivity (Wildman–Crippen MR) is 89.0 cm³/mol. The molecule has 4 rings (SSSR count). The van der Waals surface area contributed by atoms with Crippen LogP contribution in [-0.2, 0) is 16.1 Å². The maximum absolute atomic E-state index is 13.0. The lowest BCUT2D eigenvalue weighted by molar-refractivity contribution is -0.136. The number of piperidine rings is 1. The monoisotopic (exact) mass is 333 g/mol. The van der Waals surface area contributed by atoms with Gasteiger partial charge in [0.2, 0.25) is 11.8 Å². The van der Waals surface area contributed by atoms with E-state index >= 15 is 0 Å². The lowest BCUT2D eigenvalue weighted by Gasteiger charge is -2.31. The van der Waals surface area contributed by atoms with Crippen LogP contribution in [0.1, 0.15) is 37.7 Å². The molecule has 6 heteroatoms. The minimum absolute atomic E-state index is 0.00575. The van der Waals surface area contributed by atoms with Crippen LogP contribution < -0.4 is 10.6 Å². The molecule has 2 amide bonds. The summed E-state index contributed by atoms with van der Waals surface area (Å²) >= 11 is 1.67. The molecule has 2 aliphatic heterocycles. The molecule has 0 aromatic carbocycles. The highest BCUT2D eigenvalue weighted by Crippen LogP contribution is 2.56. The first-order valence-electron chi connectivity index (χ1n) is 8.50. The second kappa shape index (κ2) is 5.91. The third kappa shape index (κ3) is 2.90. The van der Waals surface area contributed by atoms with Gasteiger partial charge in [-0.2, -0.15) is 11.3 Å². The first kappa shape index (κ1) is 15.1. The summed E-state index contributed by atoms with van der Waals surface area (Å²) in [6.45, 7) is 2.78. The number of hydrogen-bond donors (Lipinski definition) is 2. The summed E-state index contributed by atoms with van der Waals surface area (Å²) < 4.78 is 0. The fourth-order valence-electron chi connectivity index (χ4n) is 4.15. The van der Waals surface area contributed by atoms with Crippen molar-refractivity contribution in [3.63, 3.8) is 0 Å². The molecule has 2 atom stereocenters. The van der Waals surface area contributed by atoms with Gasteiger partial charge in [0, 0.05) is 19.0 Å². The topological polar surface area (TPSA) is 61.4 Å². The number of amides is 2. The van der Waals surface area contributed by atoms with Gasteiger partial charge in [0.05, 0.1) is 0 Å². The minimum Gasteiger partial charge on any atom is -0.344 e. The van der Waals surface area contributed by atoms with Crippen LogP contribution >= 0.6 is 11.3 Å². The Balaban J connectivity index is 1.52. The Morgan fingerprint density at radius 2 is 2.22 bits per heavy atom. The summed E-state index contributed by atoms with van der Waals surface area (Å²) in [7, 11) is 0. The molecule has 1 unspecified atom stereocenters. The maximum atomic E-state index is 13.0. The lowest BCUT2D eigenvalue weighted by atomic mass is 9.93. The van der Waals surface area contributed by atoms with Crippen LogP contribution in [0, 0.1) is 5.41 Å². The average Bonchev–Trinajstić information content (AvgIpc) is 2.97. The van der Waals surface area contributed by atoms with E-state index in [2.05, 4.69) is 32.4 Å². The highest BCUT2D eigenvalue weighted by atomic mass is 32.1. The molecule has 1 aromatic heterocycles. The Morgan fingerprint density at radius 1 is 1.39 bits per heavy atom. The number of thiophene rings is 1. The van der Waals surface area contributed by atoms with Gasteiger partial charge in [-0.1, -0.05) is 0 Å². The van der Waals surface area contributed by atoms with Crippen LogP contribution in [-0.4, -0.2) is 41.9 Å². The Kier molecular flexibility index (Phi) is 3.89. The first-order chi connectivity index (χ1) is 11.2. The summed E-state index contributed by atoms with van der Waals surface area (Å²) in [4.78, 5) is 26.6. The molecule has 3 fully saturated rings. The van der Waals surface area contributed by atoms with Gasteiger partial charge in [-0.05, 0) is 66.6 Å². The molecule has 23 heavy (non-hydrogen) atoms. The van der Waals surface area contributed by atoms with Crippen molar-refractivity contribution in [2.45, 2.75) is 50.7 Å². The van der Waals surface area contributed by atoms with Crippen LogP contribution in [0.2, 0.25) is 0 Å². The average molecular weight is 333 g/mol. The van der Waals surface area contributed by atoms with Crippen LogP contribution in [0.15, 0.2) is 16.8 Å². The van der Waals surface area contributed by atoms with Gasteiger partial charge in [0.1, 0.15) is 6.04 Å². The molecule has 2 N–H and O–H groups in total. The number of nitrogens with zero attached hydrogens (tertiary/aromatic N) is 1. The summed E-state index contributed by atoms with van der Waals surface area (Å²) in [5, 5.41) is 10.4. The molecule has 1 aliphatic carbocycles. The van der Waals surface area contributed by atoms with Crippen LogP contribution in [0.4, 0.5) is 0 Å². The molecular weight excluding hydrogens is 310 g/mol. The van der Waals surface area contributed by atoms with E-state index < -0.39 is 0 Å². The highest BCUT2D eigenvalue weighted by molar-refractivity contribution is 7.07. The van der Waals surface area contributed by atoms with Gasteiger partial charge in [0.25, 0.3) is 0 Å². The van der Waals surface area contributed by atoms with Crippen LogP contribution in [0.3, 0.4) is 0 Å². The van der Waals surface area contributed by atoms with Crippen molar-refractivity contribution >= 4 is 23.2 Å². The van der Waals surface area contributed by atoms with E-state index in [0.29, 0.717) is 30.8 Å². The zero-order valence-electron chi connectivity index (χ0n) is 13.2. The summed E-state index contributed by atoms with van der Waals surface area (Å²) in [6, 6.07) is 2.12. The van der Waals surface area contributed by atoms with Crippen molar-refractivity contribution in [2.24, 2.45) is 5.41 Å². The molecule has 124 valence electrons. The number of carbonyl (C=O) groups excluding carboxylic acids is 2. The molecule has 1 spiro atoms. The molecule has 3 aliphatic rings. The van der Waals surface area contributed by atoms with Crippen molar-refractivity contribution in [1.82, 2.24) is 15.5 Å². The summed E-state index contributed by atoms with van der Waals surface area (Å²) in [5.74, 6) is 0.119. The van der Waals surface area contributed by atoms with E-state index in [1.54, 1.807) is 11.3 Å². The quantitative estimate of drug-likeness (QED) is 0.878. The molecule has 0 radical (unpaired) electrons. The maximum Gasteiger partial charge on any atom is 0.245 e. The second-order valence-electron chi connectivity index (χ2n) is 7.09. The second-order valence-corrected chi connectivity index (χ2v) is 7.87. The van der Waals surface area contributed by atoms with E-state index in [-0.39, 0.29) is 17.9 Å². The third-order valence-corrected chi connectivity index (χ3v) is 6.36. The van der Waals surface area contributed by atoms with Crippen molar-refractivity contribution in [3.8, 4) is 0 Å². The fourth-order valence-corrected chi connectivity index (χ4v) is 4.81. The van der Waals surface area contributed by atoms with Gasteiger partial charge in [-0.15, -0.1) is 0 Å². The van der Waals surface area contributed by atoms with Gasteiger partial charge in [-0.3, -0.25) is 9.59 Å². The molecular formula is C17H23N3O2S. The van der Waals surface area contributed by atoms with Crippen molar-refractivity contribution in [2.75, 3.05) is 13.1 Å². The lowest BCUT2D eigenvalue weighted by Crippen LogP contribution is -2.47. The standard InChI is InChI=1S/C17H23N3O2S/c21-15-2-1-13(19-15)16(22)20(10-12-3-8-23-11-12)14-9-17(14)4-6-18-7-5-17/h3,8,11,13-14,18H,1-2,4-7,9-10H2,(H,19,21)/t13-,14?/m1/s1. The largest absolute Gasteiger partial charge is 0.344 e. The number of rotatable bonds is 4. The van der Waals surface area contributed by atoms with Crippen molar-refractivity contribution in [3.05, 3.63) is 22.4 Å². The van der Waals surface area contributed by atoms with Gasteiger partial charge in [-0.25, -0.2) is 0 Å². The van der Waals surface area contributed by atoms with Gasteiger partial charge >= 0.3 is 0 Å². The zero-order chi connectivity index (χ0) is 15.9. The van der Waals surface area contributed by atoms with E-state index in [1.165, 1.54) is 5.56 Å². The Labute approximate surface area is 140 Å². The van der Waals surface area contributed by atoms with E-state index in [0.717, 1.165) is 32.4 Å². The van der Waals surface area contributed by atoms with E-state index in [1.807, 2.05) is 0 Å². The van der Waals surface area contributed by atoms with E-state index in [9.17, 15) is 9.59 Å². The summed E-state index contributed by atoms with van der Waals surface area (Å²) in [6.07, 6.45) is 4.54. The SMILES string of the molecule is O=C1CC[C@H](C(=O)N(Cc2ccsc2)C2CC23CCNCC3)N1. The molecule has 2 saturated heterocycles. The van der Waals surface area contributed by atoms with Crippen LogP contribution in [0.5, 0.6) is 0 Å². The normalized spacial score (nSPS) is 28.6. The number of carbonyl (C=O) groups is 2. The summed E-state index contributed by atoms with van der Waals surface area (Å²) in [5.41, 5.74) is 1.52. The first-order valence-corrected chi connectivity index (χ1v) is 9.44. The number of nitrogens with one attached hydrogen (secondary N) is 2. The van der Waals surface area contributed by atoms with Gasteiger partial charge < -0.3 is 15.5 Å². The Morgan fingerprint density at radius 3 is 2.87 bits per heavy atom. The number of hydrogen-bond acceptors (Lipinski definition) is 4. The molecule has 5 nitrogen and oxygen atoms in total. The third-order valence-electron chi connectivity index (χ3n) is 5.63. The van der Waals surface area contributed by atoms with Crippen molar-refractivity contribution < 1.29 is 9.59 Å². The fraction of sp³-hybridized carbons (Fsp3) is 0.647. The Hall–Kier alpha value is -1.40. The molecule has 1 saturated carbocycles. The van der Waals surface area contributed by atoms with Gasteiger partial charge in [0.15, 0.2) is 0 Å². The smallest absolute Gasteiger partial charge is 0.245 e. The predicted octanol–water partition coefficient (Wildman–Crippen LogP) is 1.50. The molecule has 3 heterocycles.